The van der Waals surface area contributed by atoms with Crippen LogP contribution in [0, 0.1) is 5.92 Å². The lowest BCUT2D eigenvalue weighted by atomic mass is 9.86. The van der Waals surface area contributed by atoms with Crippen LogP contribution in [0.15, 0.2) is 4.99 Å². The van der Waals surface area contributed by atoms with Gasteiger partial charge in [0.2, 0.25) is 0 Å². The highest BCUT2D eigenvalue weighted by Crippen LogP contribution is 2.27. The highest BCUT2D eigenvalue weighted by atomic mass is 16.5. The van der Waals surface area contributed by atoms with E-state index in [1.165, 1.54) is 44.9 Å². The minimum atomic E-state index is 0.710. The van der Waals surface area contributed by atoms with Gasteiger partial charge in [0.1, 0.15) is 0 Å². The summed E-state index contributed by atoms with van der Waals surface area (Å²) in [5.41, 5.74) is 5.99. The third-order valence-electron chi connectivity index (χ3n) is 4.10. The first kappa shape index (κ1) is 13.7. The summed E-state index contributed by atoms with van der Waals surface area (Å²) < 4.78 is 5.30. The van der Waals surface area contributed by atoms with Gasteiger partial charge in [-0.1, -0.05) is 32.1 Å². The molecule has 0 bridgehead atoms. The zero-order chi connectivity index (χ0) is 12.6. The molecule has 1 heterocycles. The lowest BCUT2D eigenvalue weighted by molar-refractivity contribution is 0.0674. The quantitative estimate of drug-likeness (QED) is 0.473. The van der Waals surface area contributed by atoms with Crippen molar-refractivity contribution in [2.75, 3.05) is 32.8 Å². The number of rotatable bonds is 4. The van der Waals surface area contributed by atoms with E-state index in [1.54, 1.807) is 0 Å². The number of aliphatic imine (C=N–C) groups is 1. The molecule has 2 N–H and O–H groups in total. The predicted octanol–water partition coefficient (Wildman–Crippen LogP) is 1.99. The number of hydrogen-bond acceptors (Lipinski definition) is 2. The first-order valence-corrected chi connectivity index (χ1v) is 7.49. The third-order valence-corrected chi connectivity index (χ3v) is 4.10. The summed E-state index contributed by atoms with van der Waals surface area (Å²) in [5, 5.41) is 0. The minimum absolute atomic E-state index is 0.710. The number of guanidine groups is 1. The molecular weight excluding hydrogens is 226 g/mol. The van der Waals surface area contributed by atoms with Gasteiger partial charge in [0, 0.05) is 19.6 Å². The molecule has 0 unspecified atom stereocenters. The van der Waals surface area contributed by atoms with Crippen LogP contribution in [0.5, 0.6) is 0 Å². The molecule has 2 aliphatic rings. The van der Waals surface area contributed by atoms with Crippen molar-refractivity contribution in [3.05, 3.63) is 0 Å². The van der Waals surface area contributed by atoms with Crippen LogP contribution in [0.3, 0.4) is 0 Å². The Balaban J connectivity index is 1.60. The lowest BCUT2D eigenvalue weighted by Crippen LogP contribution is -2.44. The maximum atomic E-state index is 5.99. The van der Waals surface area contributed by atoms with Crippen LogP contribution in [-0.2, 0) is 4.74 Å². The van der Waals surface area contributed by atoms with Crippen molar-refractivity contribution in [2.45, 2.75) is 44.9 Å². The van der Waals surface area contributed by atoms with Crippen molar-refractivity contribution in [1.29, 1.82) is 0 Å². The van der Waals surface area contributed by atoms with Crippen LogP contribution in [0.2, 0.25) is 0 Å². The van der Waals surface area contributed by atoms with Crippen molar-refractivity contribution >= 4 is 5.96 Å². The number of morpholine rings is 1. The van der Waals surface area contributed by atoms with Crippen molar-refractivity contribution in [3.8, 4) is 0 Å². The highest BCUT2D eigenvalue weighted by molar-refractivity contribution is 5.78. The van der Waals surface area contributed by atoms with Gasteiger partial charge in [0.25, 0.3) is 0 Å². The summed E-state index contributed by atoms with van der Waals surface area (Å²) in [5.74, 6) is 1.67. The zero-order valence-electron chi connectivity index (χ0n) is 11.4. The molecule has 1 aliphatic carbocycles. The predicted molar refractivity (Wildman–Crippen MR) is 74.7 cm³/mol. The molecule has 0 radical (unpaired) electrons. The summed E-state index contributed by atoms with van der Waals surface area (Å²) in [7, 11) is 0. The molecule has 1 saturated heterocycles. The van der Waals surface area contributed by atoms with Gasteiger partial charge in [0.15, 0.2) is 5.96 Å². The molecule has 0 atom stereocenters. The molecule has 4 heteroatoms. The number of nitrogens with zero attached hydrogens (tertiary/aromatic N) is 2. The molecule has 0 aromatic rings. The summed E-state index contributed by atoms with van der Waals surface area (Å²) >= 11 is 0. The van der Waals surface area contributed by atoms with Crippen molar-refractivity contribution in [1.82, 2.24) is 4.90 Å². The molecule has 104 valence electrons. The van der Waals surface area contributed by atoms with Crippen molar-refractivity contribution in [3.63, 3.8) is 0 Å². The Morgan fingerprint density at radius 1 is 1.17 bits per heavy atom. The van der Waals surface area contributed by atoms with Crippen LogP contribution < -0.4 is 5.73 Å². The van der Waals surface area contributed by atoms with Gasteiger partial charge in [-0.2, -0.15) is 0 Å². The summed E-state index contributed by atoms with van der Waals surface area (Å²) in [6.45, 7) is 4.21. The van der Waals surface area contributed by atoms with E-state index in [0.29, 0.717) is 5.96 Å². The average molecular weight is 253 g/mol. The maximum absolute atomic E-state index is 5.99. The SMILES string of the molecule is NC(=NCCCC1CCCCC1)N1CCOCC1. The number of nitrogens with two attached hydrogens (primary N) is 1. The number of hydrogen-bond donors (Lipinski definition) is 1. The molecular formula is C14H27N3O. The Kier molecular flexibility index (Phi) is 5.78. The van der Waals surface area contributed by atoms with Crippen molar-refractivity contribution < 1.29 is 4.74 Å². The van der Waals surface area contributed by atoms with Gasteiger partial charge < -0.3 is 15.4 Å². The molecule has 4 nitrogen and oxygen atoms in total. The minimum Gasteiger partial charge on any atom is -0.378 e. The van der Waals surface area contributed by atoms with Gasteiger partial charge in [0.05, 0.1) is 13.2 Å². The Bertz CT molecular complexity index is 256. The maximum Gasteiger partial charge on any atom is 0.191 e. The fraction of sp³-hybridized carbons (Fsp3) is 0.929. The standard InChI is InChI=1S/C14H27N3O/c15-14(17-9-11-18-12-10-17)16-8-4-7-13-5-2-1-3-6-13/h13H,1-12H2,(H2,15,16). The molecule has 1 saturated carbocycles. The van der Waals surface area contributed by atoms with Crippen LogP contribution in [0.25, 0.3) is 0 Å². The summed E-state index contributed by atoms with van der Waals surface area (Å²) in [6, 6.07) is 0. The second kappa shape index (κ2) is 7.62. The van der Waals surface area contributed by atoms with Gasteiger partial charge in [-0.15, -0.1) is 0 Å². The smallest absolute Gasteiger partial charge is 0.191 e. The van der Waals surface area contributed by atoms with Crippen LogP contribution in [0.1, 0.15) is 44.9 Å². The Hall–Kier alpha value is -0.770. The fourth-order valence-corrected chi connectivity index (χ4v) is 2.94. The lowest BCUT2D eigenvalue weighted by Gasteiger charge is -2.27. The van der Waals surface area contributed by atoms with Gasteiger partial charge in [-0.25, -0.2) is 0 Å². The summed E-state index contributed by atoms with van der Waals surface area (Å²) in [4.78, 5) is 6.63. The Morgan fingerprint density at radius 3 is 2.61 bits per heavy atom. The first-order valence-electron chi connectivity index (χ1n) is 7.49. The molecule has 0 aromatic heterocycles. The van der Waals surface area contributed by atoms with E-state index in [1.807, 2.05) is 0 Å². The molecule has 2 fully saturated rings. The largest absolute Gasteiger partial charge is 0.378 e. The van der Waals surface area contributed by atoms with E-state index in [9.17, 15) is 0 Å². The molecule has 2 rings (SSSR count). The molecule has 0 aromatic carbocycles. The summed E-state index contributed by atoms with van der Waals surface area (Å²) in [6.07, 6.45) is 9.70. The second-order valence-electron chi connectivity index (χ2n) is 5.49. The topological polar surface area (TPSA) is 50.8 Å². The third kappa shape index (κ3) is 4.48. The van der Waals surface area contributed by atoms with Crippen molar-refractivity contribution in [2.24, 2.45) is 16.6 Å². The normalized spacial score (nSPS) is 23.3. The van der Waals surface area contributed by atoms with E-state index in [4.69, 9.17) is 10.5 Å². The van der Waals surface area contributed by atoms with E-state index in [0.717, 1.165) is 38.8 Å². The monoisotopic (exact) mass is 253 g/mol. The second-order valence-corrected chi connectivity index (χ2v) is 5.49. The first-order chi connectivity index (χ1) is 8.86. The fourth-order valence-electron chi connectivity index (χ4n) is 2.94. The zero-order valence-corrected chi connectivity index (χ0v) is 11.4. The van der Waals surface area contributed by atoms with Gasteiger partial charge in [-0.05, 0) is 18.8 Å². The van der Waals surface area contributed by atoms with Gasteiger partial charge >= 0.3 is 0 Å². The van der Waals surface area contributed by atoms with E-state index in [2.05, 4.69) is 9.89 Å². The van der Waals surface area contributed by atoms with E-state index < -0.39 is 0 Å². The van der Waals surface area contributed by atoms with E-state index >= 15 is 0 Å². The van der Waals surface area contributed by atoms with Crippen LogP contribution >= 0.6 is 0 Å². The van der Waals surface area contributed by atoms with E-state index in [-0.39, 0.29) is 0 Å². The van der Waals surface area contributed by atoms with Crippen LogP contribution in [-0.4, -0.2) is 43.7 Å². The molecule has 1 aliphatic heterocycles. The molecule has 0 amide bonds. The molecule has 18 heavy (non-hydrogen) atoms. The van der Waals surface area contributed by atoms with Gasteiger partial charge in [-0.3, -0.25) is 4.99 Å². The average Bonchev–Trinajstić information content (AvgIpc) is 2.45. The Labute approximate surface area is 111 Å². The Morgan fingerprint density at radius 2 is 1.89 bits per heavy atom. The number of ether oxygens (including phenoxy) is 1. The van der Waals surface area contributed by atoms with Crippen LogP contribution in [0.4, 0.5) is 0 Å². The molecule has 0 spiro atoms. The highest BCUT2D eigenvalue weighted by Gasteiger charge is 2.13.